The van der Waals surface area contributed by atoms with Crippen LogP contribution in [0.3, 0.4) is 0 Å². The van der Waals surface area contributed by atoms with Gasteiger partial charge in [0, 0.05) is 18.7 Å². The Balaban J connectivity index is 1.75. The summed E-state index contributed by atoms with van der Waals surface area (Å²) in [5, 5.41) is 9.08. The molecule has 0 spiro atoms. The summed E-state index contributed by atoms with van der Waals surface area (Å²) in [5.41, 5.74) is 1.65. The molecular weight excluding hydrogens is 406 g/mol. The van der Waals surface area contributed by atoms with E-state index < -0.39 is 5.97 Å². The monoisotopic (exact) mass is 433 g/mol. The van der Waals surface area contributed by atoms with E-state index in [1.165, 1.54) is 0 Å². The van der Waals surface area contributed by atoms with Gasteiger partial charge in [0.05, 0.1) is 12.7 Å². The van der Waals surface area contributed by atoms with Crippen molar-refractivity contribution in [2.75, 3.05) is 13.7 Å². The van der Waals surface area contributed by atoms with E-state index in [1.807, 2.05) is 24.3 Å². The first-order valence-electron chi connectivity index (χ1n) is 10.4. The molecule has 1 amide bonds. The van der Waals surface area contributed by atoms with Crippen LogP contribution in [0.4, 0.5) is 0 Å². The third kappa shape index (κ3) is 5.88. The maximum Gasteiger partial charge on any atom is 0.335 e. The first-order valence-corrected chi connectivity index (χ1v) is 10.4. The molecule has 3 rings (SSSR count). The number of nitrogens with zero attached hydrogens (tertiary/aromatic N) is 1. The molecule has 0 fully saturated rings. The molecule has 0 aliphatic heterocycles. The molecule has 0 aliphatic carbocycles. The van der Waals surface area contributed by atoms with Gasteiger partial charge in [0.15, 0.2) is 11.5 Å². The van der Waals surface area contributed by atoms with E-state index in [1.54, 1.807) is 60.5 Å². The number of aromatic carboxylic acids is 1. The lowest BCUT2D eigenvalue weighted by molar-refractivity contribution is 0.0692. The number of para-hydroxylation sites is 2. The molecular formula is C26H27NO5. The van der Waals surface area contributed by atoms with Crippen LogP contribution in [0.25, 0.3) is 0 Å². The summed E-state index contributed by atoms with van der Waals surface area (Å²) < 4.78 is 11.2. The fourth-order valence-corrected chi connectivity index (χ4v) is 3.31. The van der Waals surface area contributed by atoms with Crippen molar-refractivity contribution in [2.24, 2.45) is 5.92 Å². The second-order valence-electron chi connectivity index (χ2n) is 7.86. The zero-order chi connectivity index (χ0) is 23.1. The van der Waals surface area contributed by atoms with Gasteiger partial charge in [0.2, 0.25) is 0 Å². The van der Waals surface area contributed by atoms with Crippen LogP contribution in [-0.4, -0.2) is 35.5 Å². The SMILES string of the molecule is COc1ccccc1Oc1ccc(C(=O)N(Cc2ccc(C(=O)O)cc2)CC(C)C)cc1. The van der Waals surface area contributed by atoms with Crippen molar-refractivity contribution in [3.05, 3.63) is 89.5 Å². The molecule has 6 nitrogen and oxygen atoms in total. The van der Waals surface area contributed by atoms with Crippen LogP contribution in [0, 0.1) is 5.92 Å². The average Bonchev–Trinajstić information content (AvgIpc) is 2.79. The van der Waals surface area contributed by atoms with Gasteiger partial charge in [-0.05, 0) is 60.0 Å². The Bertz CT molecular complexity index is 1060. The fraction of sp³-hybridized carbons (Fsp3) is 0.231. The number of benzene rings is 3. The first-order chi connectivity index (χ1) is 15.4. The Labute approximate surface area is 188 Å². The van der Waals surface area contributed by atoms with E-state index in [0.29, 0.717) is 35.9 Å². The van der Waals surface area contributed by atoms with Gasteiger partial charge in [-0.15, -0.1) is 0 Å². The number of carboxylic acids is 1. The molecule has 1 N–H and O–H groups in total. The molecule has 0 unspecified atom stereocenters. The fourth-order valence-electron chi connectivity index (χ4n) is 3.31. The highest BCUT2D eigenvalue weighted by Gasteiger charge is 2.18. The van der Waals surface area contributed by atoms with Crippen molar-refractivity contribution in [1.29, 1.82) is 0 Å². The number of carboxylic acid groups (broad SMARTS) is 1. The third-order valence-corrected chi connectivity index (χ3v) is 4.85. The molecule has 0 aliphatic rings. The van der Waals surface area contributed by atoms with Crippen molar-refractivity contribution < 1.29 is 24.2 Å². The standard InChI is InChI=1S/C26H27NO5/c1-18(2)16-27(17-19-8-10-21(11-9-19)26(29)30)25(28)20-12-14-22(15-13-20)32-24-7-5-4-6-23(24)31-3/h4-15,18H,16-17H2,1-3H3,(H,29,30). The van der Waals surface area contributed by atoms with Gasteiger partial charge >= 0.3 is 5.97 Å². The molecule has 0 atom stereocenters. The molecule has 0 aromatic heterocycles. The predicted octanol–water partition coefficient (Wildman–Crippen LogP) is 5.48. The number of hydrogen-bond acceptors (Lipinski definition) is 4. The quantitative estimate of drug-likeness (QED) is 0.483. The third-order valence-electron chi connectivity index (χ3n) is 4.85. The Morgan fingerprint density at radius 1 is 0.875 bits per heavy atom. The van der Waals surface area contributed by atoms with Crippen LogP contribution < -0.4 is 9.47 Å². The highest BCUT2D eigenvalue weighted by Crippen LogP contribution is 2.31. The number of rotatable bonds is 9. The highest BCUT2D eigenvalue weighted by molar-refractivity contribution is 5.94. The van der Waals surface area contributed by atoms with Crippen LogP contribution in [-0.2, 0) is 6.54 Å². The van der Waals surface area contributed by atoms with Crippen LogP contribution in [0.15, 0.2) is 72.8 Å². The minimum atomic E-state index is -0.970. The number of ether oxygens (including phenoxy) is 2. The predicted molar refractivity (Wildman–Crippen MR) is 122 cm³/mol. The van der Waals surface area contributed by atoms with Crippen molar-refractivity contribution >= 4 is 11.9 Å². The molecule has 166 valence electrons. The van der Waals surface area contributed by atoms with Gasteiger partial charge in [-0.3, -0.25) is 4.79 Å². The summed E-state index contributed by atoms with van der Waals surface area (Å²) in [6.45, 7) is 5.09. The van der Waals surface area contributed by atoms with E-state index in [9.17, 15) is 9.59 Å². The Morgan fingerprint density at radius 3 is 2.03 bits per heavy atom. The maximum absolute atomic E-state index is 13.2. The number of amides is 1. The van der Waals surface area contributed by atoms with E-state index in [-0.39, 0.29) is 17.4 Å². The second-order valence-corrected chi connectivity index (χ2v) is 7.86. The first kappa shape index (κ1) is 22.9. The molecule has 0 saturated heterocycles. The number of carbonyl (C=O) groups is 2. The zero-order valence-electron chi connectivity index (χ0n) is 18.4. The van der Waals surface area contributed by atoms with Gasteiger partial charge in [0.1, 0.15) is 5.75 Å². The van der Waals surface area contributed by atoms with Crippen molar-refractivity contribution in [3.8, 4) is 17.2 Å². The summed E-state index contributed by atoms with van der Waals surface area (Å²) in [6, 6.07) is 21.0. The number of methoxy groups -OCH3 is 1. The topological polar surface area (TPSA) is 76.1 Å². The van der Waals surface area contributed by atoms with Crippen LogP contribution in [0.1, 0.15) is 40.1 Å². The van der Waals surface area contributed by atoms with Crippen LogP contribution >= 0.6 is 0 Å². The zero-order valence-corrected chi connectivity index (χ0v) is 18.4. The molecule has 0 radical (unpaired) electrons. The van der Waals surface area contributed by atoms with Crippen molar-refractivity contribution in [1.82, 2.24) is 4.90 Å². The van der Waals surface area contributed by atoms with Crippen LogP contribution in [0.2, 0.25) is 0 Å². The van der Waals surface area contributed by atoms with Gasteiger partial charge in [-0.25, -0.2) is 4.79 Å². The smallest absolute Gasteiger partial charge is 0.335 e. The Hall–Kier alpha value is -3.80. The normalized spacial score (nSPS) is 10.6. The Kier molecular flexibility index (Phi) is 7.49. The summed E-state index contributed by atoms with van der Waals surface area (Å²) in [4.78, 5) is 26.0. The number of hydrogen-bond donors (Lipinski definition) is 1. The summed E-state index contributed by atoms with van der Waals surface area (Å²) in [7, 11) is 1.59. The lowest BCUT2D eigenvalue weighted by atomic mass is 10.1. The maximum atomic E-state index is 13.2. The molecule has 32 heavy (non-hydrogen) atoms. The highest BCUT2D eigenvalue weighted by atomic mass is 16.5. The molecule has 3 aromatic carbocycles. The minimum Gasteiger partial charge on any atom is -0.493 e. The van der Waals surface area contributed by atoms with Crippen LogP contribution in [0.5, 0.6) is 17.2 Å². The van der Waals surface area contributed by atoms with E-state index >= 15 is 0 Å². The number of carbonyl (C=O) groups excluding carboxylic acids is 1. The lowest BCUT2D eigenvalue weighted by Crippen LogP contribution is -2.33. The molecule has 6 heteroatoms. The van der Waals surface area contributed by atoms with Gasteiger partial charge in [-0.1, -0.05) is 38.1 Å². The van der Waals surface area contributed by atoms with E-state index in [0.717, 1.165) is 5.56 Å². The largest absolute Gasteiger partial charge is 0.493 e. The summed E-state index contributed by atoms with van der Waals surface area (Å²) in [6.07, 6.45) is 0. The van der Waals surface area contributed by atoms with Gasteiger partial charge < -0.3 is 19.5 Å². The summed E-state index contributed by atoms with van der Waals surface area (Å²) in [5.74, 6) is 1.05. The van der Waals surface area contributed by atoms with Gasteiger partial charge in [-0.2, -0.15) is 0 Å². The Morgan fingerprint density at radius 2 is 1.47 bits per heavy atom. The van der Waals surface area contributed by atoms with Crippen molar-refractivity contribution in [2.45, 2.75) is 20.4 Å². The summed E-state index contributed by atoms with van der Waals surface area (Å²) >= 11 is 0. The molecule has 3 aromatic rings. The molecule has 0 heterocycles. The second kappa shape index (κ2) is 10.5. The van der Waals surface area contributed by atoms with Gasteiger partial charge in [0.25, 0.3) is 5.91 Å². The van der Waals surface area contributed by atoms with E-state index in [2.05, 4.69) is 13.8 Å². The van der Waals surface area contributed by atoms with E-state index in [4.69, 9.17) is 14.6 Å². The minimum absolute atomic E-state index is 0.0927. The lowest BCUT2D eigenvalue weighted by Gasteiger charge is -2.25. The average molecular weight is 434 g/mol. The molecule has 0 saturated carbocycles. The molecule has 0 bridgehead atoms. The van der Waals surface area contributed by atoms with Crippen molar-refractivity contribution in [3.63, 3.8) is 0 Å².